The Morgan fingerprint density at radius 2 is 2.30 bits per heavy atom. The number of thioether (sulfide) groups is 1. The molecule has 2 nitrogen and oxygen atoms in total. The second-order valence-electron chi connectivity index (χ2n) is 2.28. The van der Waals surface area contributed by atoms with Gasteiger partial charge in [0.15, 0.2) is 0 Å². The molecular weight excluding hydrogens is 166 g/mol. The van der Waals surface area contributed by atoms with E-state index in [1.54, 1.807) is 0 Å². The molecule has 0 bridgehead atoms. The average Bonchev–Trinajstić information content (AvgIpc) is 1.87. The van der Waals surface area contributed by atoms with E-state index in [2.05, 4.69) is 24.9 Å². The van der Waals surface area contributed by atoms with Crippen molar-refractivity contribution in [3.05, 3.63) is 0 Å². The first-order valence-corrected chi connectivity index (χ1v) is 4.66. The molecule has 0 aromatic rings. The van der Waals surface area contributed by atoms with Crippen molar-refractivity contribution in [2.45, 2.75) is 29.9 Å². The zero-order valence-electron chi connectivity index (χ0n) is 6.59. The monoisotopic (exact) mass is 181 g/mol. The molecule has 0 aliphatic rings. The number of rotatable bonds is 4. The van der Waals surface area contributed by atoms with Crippen molar-refractivity contribution in [3.63, 3.8) is 0 Å². The highest BCUT2D eigenvalue weighted by Gasteiger charge is 2.22. The molecule has 0 rings (SSSR count). The summed E-state index contributed by atoms with van der Waals surface area (Å²) < 4.78 is -0.600. The van der Waals surface area contributed by atoms with Crippen molar-refractivity contribution in [1.29, 1.82) is 0 Å². The summed E-state index contributed by atoms with van der Waals surface area (Å²) in [6.07, 6.45) is 0.964. The van der Waals surface area contributed by atoms with Crippen molar-refractivity contribution < 1.29 is 5.11 Å². The van der Waals surface area contributed by atoms with Crippen LogP contribution in [0.2, 0.25) is 0 Å². The molecule has 0 spiro atoms. The Bertz CT molecular complexity index is 93.7. The van der Waals surface area contributed by atoms with Gasteiger partial charge in [0, 0.05) is 0 Å². The fourth-order valence-electron chi connectivity index (χ4n) is 0.552. The number of aliphatic hydroxyl groups excluding tert-OH is 1. The Kier molecular flexibility index (Phi) is 4.77. The minimum atomic E-state index is -0.600. The van der Waals surface area contributed by atoms with Crippen LogP contribution in [0.3, 0.4) is 0 Å². The van der Waals surface area contributed by atoms with E-state index in [-0.39, 0.29) is 4.87 Å². The second-order valence-corrected chi connectivity index (χ2v) is 4.70. The van der Waals surface area contributed by atoms with Gasteiger partial charge in [-0.1, -0.05) is 18.7 Å². The molecule has 0 saturated heterocycles. The molecule has 0 aliphatic heterocycles. The second kappa shape index (κ2) is 4.49. The van der Waals surface area contributed by atoms with E-state index < -0.39 is 4.77 Å². The van der Waals surface area contributed by atoms with Gasteiger partial charge in [-0.3, -0.25) is 0 Å². The highest BCUT2D eigenvalue weighted by atomic mass is 32.2. The van der Waals surface area contributed by atoms with E-state index in [1.165, 1.54) is 11.8 Å². The number of thiol groups is 1. The summed E-state index contributed by atoms with van der Waals surface area (Å²) in [5.74, 6) is 0. The minimum absolute atomic E-state index is 0.0544. The molecule has 0 aliphatic carbocycles. The lowest BCUT2D eigenvalue weighted by atomic mass is 10.2. The largest absolute Gasteiger partial charge is 0.373 e. The summed E-state index contributed by atoms with van der Waals surface area (Å²) in [6.45, 7) is 4.11. The Balaban J connectivity index is 3.80. The number of hydrogen-bond acceptors (Lipinski definition) is 4. The summed E-state index contributed by atoms with van der Waals surface area (Å²) in [6, 6.07) is 0. The number of nitrogens with one attached hydrogen (secondary N) is 1. The molecule has 0 fully saturated rings. The van der Waals surface area contributed by atoms with Gasteiger partial charge in [-0.25, -0.2) is 0 Å². The number of hydrogen-bond donors (Lipinski definition) is 3. The Morgan fingerprint density at radius 1 is 1.80 bits per heavy atom. The van der Waals surface area contributed by atoms with E-state index in [0.717, 1.165) is 6.42 Å². The molecule has 0 aromatic heterocycles. The van der Waals surface area contributed by atoms with Crippen molar-refractivity contribution in [2.75, 3.05) is 7.05 Å². The zero-order chi connectivity index (χ0) is 8.20. The van der Waals surface area contributed by atoms with E-state index in [4.69, 9.17) is 5.11 Å². The lowest BCUT2D eigenvalue weighted by Crippen LogP contribution is -2.36. The molecule has 0 radical (unpaired) electrons. The number of aliphatic hydroxyl groups is 1. The van der Waals surface area contributed by atoms with Crippen LogP contribution in [0.25, 0.3) is 0 Å². The first-order chi connectivity index (χ1) is 4.54. The minimum Gasteiger partial charge on any atom is -0.373 e. The molecule has 4 heteroatoms. The highest BCUT2D eigenvalue weighted by Crippen LogP contribution is 2.29. The summed E-state index contributed by atoms with van der Waals surface area (Å²) in [5, 5.41) is 12.1. The van der Waals surface area contributed by atoms with Gasteiger partial charge in [-0.05, 0) is 20.4 Å². The van der Waals surface area contributed by atoms with Crippen LogP contribution in [0.4, 0.5) is 0 Å². The third-order valence-corrected chi connectivity index (χ3v) is 3.11. The third kappa shape index (κ3) is 3.71. The van der Waals surface area contributed by atoms with Crippen LogP contribution in [-0.4, -0.2) is 21.8 Å². The summed E-state index contributed by atoms with van der Waals surface area (Å²) >= 11 is 5.29. The van der Waals surface area contributed by atoms with E-state index in [0.29, 0.717) is 0 Å². The lowest BCUT2D eigenvalue weighted by molar-refractivity contribution is 0.342. The van der Waals surface area contributed by atoms with Crippen LogP contribution in [0.5, 0.6) is 0 Å². The summed E-state index contributed by atoms with van der Waals surface area (Å²) in [4.78, 5) is -0.0544. The predicted molar refractivity (Wildman–Crippen MR) is 50.3 cm³/mol. The first-order valence-electron chi connectivity index (χ1n) is 3.27. The molecule has 0 saturated carbocycles. The van der Waals surface area contributed by atoms with Gasteiger partial charge in [0.1, 0.15) is 4.77 Å². The lowest BCUT2D eigenvalue weighted by Gasteiger charge is -2.27. The van der Waals surface area contributed by atoms with Crippen molar-refractivity contribution in [3.8, 4) is 0 Å². The van der Waals surface area contributed by atoms with Crippen LogP contribution < -0.4 is 5.32 Å². The van der Waals surface area contributed by atoms with E-state index in [1.807, 2.05) is 14.0 Å². The quantitative estimate of drug-likeness (QED) is 0.451. The van der Waals surface area contributed by atoms with Crippen LogP contribution in [0.1, 0.15) is 20.3 Å². The summed E-state index contributed by atoms with van der Waals surface area (Å²) in [5.41, 5.74) is 0. The Hall–Kier alpha value is 0.620. The van der Waals surface area contributed by atoms with E-state index in [9.17, 15) is 0 Å². The molecule has 0 heterocycles. The van der Waals surface area contributed by atoms with Gasteiger partial charge in [0.05, 0.1) is 4.87 Å². The SMILES string of the molecule is CCC(C)(NC)SC(O)S. The Morgan fingerprint density at radius 3 is 2.40 bits per heavy atom. The van der Waals surface area contributed by atoms with Crippen molar-refractivity contribution in [2.24, 2.45) is 0 Å². The van der Waals surface area contributed by atoms with Crippen molar-refractivity contribution >= 4 is 24.4 Å². The standard InChI is InChI=1S/C6H15NOS2/c1-4-6(2,7-3)10-5(8)9/h5,7-9H,4H2,1-3H3. The summed E-state index contributed by atoms with van der Waals surface area (Å²) in [7, 11) is 1.88. The maximum atomic E-state index is 8.94. The highest BCUT2D eigenvalue weighted by molar-refractivity contribution is 8.10. The molecule has 2 unspecified atom stereocenters. The molecule has 62 valence electrons. The third-order valence-electron chi connectivity index (χ3n) is 1.57. The van der Waals surface area contributed by atoms with Crippen LogP contribution in [0.15, 0.2) is 0 Å². The normalized spacial score (nSPS) is 20.1. The van der Waals surface area contributed by atoms with Gasteiger partial charge in [0.2, 0.25) is 0 Å². The van der Waals surface area contributed by atoms with Crippen LogP contribution >= 0.6 is 24.4 Å². The van der Waals surface area contributed by atoms with Gasteiger partial charge in [-0.2, -0.15) is 0 Å². The maximum absolute atomic E-state index is 8.94. The van der Waals surface area contributed by atoms with Crippen LogP contribution in [0, 0.1) is 0 Å². The predicted octanol–water partition coefficient (Wildman–Crippen LogP) is 1.27. The molecular formula is C6H15NOS2. The fraction of sp³-hybridized carbons (Fsp3) is 1.00. The molecule has 0 amide bonds. The topological polar surface area (TPSA) is 32.3 Å². The zero-order valence-corrected chi connectivity index (χ0v) is 8.30. The molecule has 10 heavy (non-hydrogen) atoms. The van der Waals surface area contributed by atoms with Gasteiger partial charge < -0.3 is 10.4 Å². The smallest absolute Gasteiger partial charge is 0.145 e. The Labute approximate surface area is 72.2 Å². The van der Waals surface area contributed by atoms with Gasteiger partial charge >= 0.3 is 0 Å². The van der Waals surface area contributed by atoms with Gasteiger partial charge in [-0.15, -0.1) is 12.6 Å². The van der Waals surface area contributed by atoms with Crippen molar-refractivity contribution in [1.82, 2.24) is 5.32 Å². The molecule has 2 N–H and O–H groups in total. The average molecular weight is 181 g/mol. The van der Waals surface area contributed by atoms with Crippen LogP contribution in [-0.2, 0) is 0 Å². The first kappa shape index (κ1) is 10.6. The maximum Gasteiger partial charge on any atom is 0.145 e. The molecule has 2 atom stereocenters. The van der Waals surface area contributed by atoms with Gasteiger partial charge in [0.25, 0.3) is 0 Å². The molecule has 0 aromatic carbocycles. The fourth-order valence-corrected chi connectivity index (χ4v) is 2.00. The van der Waals surface area contributed by atoms with E-state index >= 15 is 0 Å².